The lowest BCUT2D eigenvalue weighted by molar-refractivity contribution is 0.0716. The highest BCUT2D eigenvalue weighted by atomic mass is 32.1. The number of hydrogen-bond acceptors (Lipinski definition) is 4. The number of nitrogens with one attached hydrogen (secondary N) is 1. The van der Waals surface area contributed by atoms with Crippen LogP contribution in [0, 0.1) is 0 Å². The van der Waals surface area contributed by atoms with Crippen LogP contribution in [0.25, 0.3) is 10.1 Å². The highest BCUT2D eigenvalue weighted by molar-refractivity contribution is 7.19. The fourth-order valence-corrected chi connectivity index (χ4v) is 5.77. The van der Waals surface area contributed by atoms with Gasteiger partial charge in [0.05, 0.1) is 0 Å². The molecule has 1 amide bonds. The monoisotopic (exact) mass is 408 g/mol. The van der Waals surface area contributed by atoms with E-state index < -0.39 is 0 Å². The Balaban J connectivity index is 1.30. The molecule has 3 heterocycles. The average molecular weight is 409 g/mol. The number of aryl methyl sites for hydroxylation is 1. The molecule has 0 bridgehead atoms. The van der Waals surface area contributed by atoms with Crippen LogP contribution in [0.3, 0.4) is 0 Å². The van der Waals surface area contributed by atoms with E-state index in [4.69, 9.17) is 0 Å². The highest BCUT2D eigenvalue weighted by Crippen LogP contribution is 2.28. The van der Waals surface area contributed by atoms with Gasteiger partial charge in [-0.25, -0.2) is 0 Å². The molecule has 2 aliphatic rings. The second kappa shape index (κ2) is 7.92. The lowest BCUT2D eigenvalue weighted by Crippen LogP contribution is -2.38. The molecule has 0 spiro atoms. The Bertz CT molecular complexity index is 998. The van der Waals surface area contributed by atoms with Crippen LogP contribution in [0.4, 0.5) is 0 Å². The lowest BCUT2D eigenvalue weighted by Gasteiger charge is -2.27. The van der Waals surface area contributed by atoms with Gasteiger partial charge in [0.25, 0.3) is 5.91 Å². The molecule has 0 saturated carbocycles. The van der Waals surface area contributed by atoms with Gasteiger partial charge in [-0.15, -0.1) is 11.3 Å². The van der Waals surface area contributed by atoms with Gasteiger partial charge < -0.3 is 10.2 Å². The summed E-state index contributed by atoms with van der Waals surface area (Å²) in [7, 11) is 1.98. The first-order valence-electron chi connectivity index (χ1n) is 10.7. The second-order valence-electron chi connectivity index (χ2n) is 8.32. The number of carbonyl (C=O) groups is 1. The number of aromatic nitrogens is 2. The van der Waals surface area contributed by atoms with E-state index >= 15 is 0 Å². The molecule has 3 aromatic rings. The maximum absolute atomic E-state index is 13.1. The molecule has 6 heteroatoms. The van der Waals surface area contributed by atoms with Crippen LogP contribution in [0.2, 0.25) is 0 Å². The zero-order valence-corrected chi connectivity index (χ0v) is 17.8. The number of rotatable bonds is 4. The number of carbonyl (C=O) groups excluding carboxylic acids is 1. The molecule has 1 fully saturated rings. The zero-order valence-electron chi connectivity index (χ0n) is 17.0. The number of likely N-dealkylation sites (tertiary alicyclic amines) is 1. The summed E-state index contributed by atoms with van der Waals surface area (Å²) in [5.41, 5.74) is 3.10. The summed E-state index contributed by atoms with van der Waals surface area (Å²) in [5.74, 6) is 0.131. The maximum atomic E-state index is 13.1. The van der Waals surface area contributed by atoms with E-state index in [2.05, 4.69) is 40.7 Å². The van der Waals surface area contributed by atoms with E-state index in [1.54, 1.807) is 0 Å². The molecule has 29 heavy (non-hydrogen) atoms. The summed E-state index contributed by atoms with van der Waals surface area (Å²) in [4.78, 5) is 16.5. The normalized spacial score (nSPS) is 19.5. The van der Waals surface area contributed by atoms with Gasteiger partial charge in [0.2, 0.25) is 0 Å². The summed E-state index contributed by atoms with van der Waals surface area (Å²) in [5, 5.41) is 9.71. The van der Waals surface area contributed by atoms with Gasteiger partial charge in [-0.1, -0.05) is 18.2 Å². The number of hydrogen-bond donors (Lipinski definition) is 1. The van der Waals surface area contributed by atoms with Crippen molar-refractivity contribution in [1.82, 2.24) is 20.0 Å². The Morgan fingerprint density at radius 1 is 1.24 bits per heavy atom. The molecule has 152 valence electrons. The summed E-state index contributed by atoms with van der Waals surface area (Å²) in [6.45, 7) is 2.63. The number of piperidine rings is 1. The van der Waals surface area contributed by atoms with E-state index in [0.717, 1.165) is 51.7 Å². The minimum atomic E-state index is 0.131. The van der Waals surface area contributed by atoms with Gasteiger partial charge in [0, 0.05) is 53.6 Å². The third-order valence-electron chi connectivity index (χ3n) is 6.34. The molecular formula is C23H28N4OS. The molecule has 1 atom stereocenters. The average Bonchev–Trinajstić information content (AvgIpc) is 3.33. The van der Waals surface area contributed by atoms with E-state index in [9.17, 15) is 4.79 Å². The summed E-state index contributed by atoms with van der Waals surface area (Å²) in [6.07, 6.45) is 6.42. The first-order chi connectivity index (χ1) is 14.2. The Hall–Kier alpha value is -2.18. The Labute approximate surface area is 175 Å². The Morgan fingerprint density at radius 2 is 2.07 bits per heavy atom. The van der Waals surface area contributed by atoms with E-state index in [0.29, 0.717) is 11.7 Å². The summed E-state index contributed by atoms with van der Waals surface area (Å²) < 4.78 is 3.28. The van der Waals surface area contributed by atoms with Crippen LogP contribution in [0.1, 0.15) is 52.3 Å². The van der Waals surface area contributed by atoms with Crippen LogP contribution in [-0.2, 0) is 26.4 Å². The molecule has 1 aliphatic heterocycles. The SMILES string of the molecule is Cn1nc(C(=O)N2CCCCC2)c2c1CCC(NCc1cc3ccccc3s1)C2. The smallest absolute Gasteiger partial charge is 0.274 e. The van der Waals surface area contributed by atoms with Gasteiger partial charge in [0.1, 0.15) is 0 Å². The molecule has 5 nitrogen and oxygen atoms in total. The number of nitrogens with zero attached hydrogens (tertiary/aromatic N) is 3. The molecule has 1 aromatic carbocycles. The summed E-state index contributed by atoms with van der Waals surface area (Å²) >= 11 is 1.86. The van der Waals surface area contributed by atoms with Crippen molar-refractivity contribution in [1.29, 1.82) is 0 Å². The van der Waals surface area contributed by atoms with Crippen LogP contribution in [-0.4, -0.2) is 39.7 Å². The van der Waals surface area contributed by atoms with Crippen molar-refractivity contribution >= 4 is 27.3 Å². The quantitative estimate of drug-likeness (QED) is 0.712. The van der Waals surface area contributed by atoms with Gasteiger partial charge in [-0.2, -0.15) is 5.10 Å². The topological polar surface area (TPSA) is 50.2 Å². The number of fused-ring (bicyclic) bond motifs is 2. The largest absolute Gasteiger partial charge is 0.337 e. The van der Waals surface area contributed by atoms with Gasteiger partial charge in [-0.3, -0.25) is 9.48 Å². The molecule has 1 N–H and O–H groups in total. The third-order valence-corrected chi connectivity index (χ3v) is 7.46. The number of thiophene rings is 1. The van der Waals surface area contributed by atoms with Crippen LogP contribution >= 0.6 is 11.3 Å². The fraction of sp³-hybridized carbons (Fsp3) is 0.478. The molecule has 2 aromatic heterocycles. The number of amides is 1. The van der Waals surface area contributed by atoms with Crippen LogP contribution in [0.5, 0.6) is 0 Å². The predicted octanol–water partition coefficient (Wildman–Crippen LogP) is 3.91. The molecule has 1 saturated heterocycles. The first-order valence-corrected chi connectivity index (χ1v) is 11.6. The van der Waals surface area contributed by atoms with Crippen molar-refractivity contribution in [2.24, 2.45) is 7.05 Å². The molecule has 1 unspecified atom stereocenters. The zero-order chi connectivity index (χ0) is 19.8. The van der Waals surface area contributed by atoms with Gasteiger partial charge in [-0.05, 0) is 56.0 Å². The second-order valence-corrected chi connectivity index (χ2v) is 9.49. The lowest BCUT2D eigenvalue weighted by atomic mass is 9.91. The van der Waals surface area contributed by atoms with Crippen molar-refractivity contribution < 1.29 is 4.79 Å². The van der Waals surface area contributed by atoms with Crippen molar-refractivity contribution in [3.05, 3.63) is 52.2 Å². The van der Waals surface area contributed by atoms with Crippen molar-refractivity contribution in [3.8, 4) is 0 Å². The van der Waals surface area contributed by atoms with Gasteiger partial charge in [0.15, 0.2) is 5.69 Å². The molecule has 0 radical (unpaired) electrons. The third kappa shape index (κ3) is 3.71. The fourth-order valence-electron chi connectivity index (χ4n) is 4.75. The standard InChI is InChI=1S/C23H28N4OS/c1-26-20-10-9-17(24-15-18-13-16-7-3-4-8-21(16)29-18)14-19(20)22(25-26)23(28)27-11-5-2-6-12-27/h3-4,7-8,13,17,24H,2,5-6,9-12,14-15H2,1H3. The van der Waals surface area contributed by atoms with E-state index in [1.807, 2.05) is 28.0 Å². The first kappa shape index (κ1) is 18.8. The predicted molar refractivity (Wildman–Crippen MR) is 117 cm³/mol. The van der Waals surface area contributed by atoms with E-state index in [1.165, 1.54) is 32.6 Å². The van der Waals surface area contributed by atoms with Crippen LogP contribution in [0.15, 0.2) is 30.3 Å². The summed E-state index contributed by atoms with van der Waals surface area (Å²) in [6, 6.07) is 11.2. The van der Waals surface area contributed by atoms with Crippen molar-refractivity contribution in [2.75, 3.05) is 13.1 Å². The molecular weight excluding hydrogens is 380 g/mol. The highest BCUT2D eigenvalue weighted by Gasteiger charge is 2.30. The Morgan fingerprint density at radius 3 is 2.90 bits per heavy atom. The maximum Gasteiger partial charge on any atom is 0.274 e. The van der Waals surface area contributed by atoms with Gasteiger partial charge >= 0.3 is 0 Å². The minimum absolute atomic E-state index is 0.131. The number of benzene rings is 1. The van der Waals surface area contributed by atoms with Crippen molar-refractivity contribution in [2.45, 2.75) is 51.1 Å². The van der Waals surface area contributed by atoms with Crippen molar-refractivity contribution in [3.63, 3.8) is 0 Å². The molecule has 5 rings (SSSR count). The van der Waals surface area contributed by atoms with Crippen LogP contribution < -0.4 is 5.32 Å². The van der Waals surface area contributed by atoms with E-state index in [-0.39, 0.29) is 5.91 Å². The Kier molecular flexibility index (Phi) is 5.14. The molecule has 1 aliphatic carbocycles. The minimum Gasteiger partial charge on any atom is -0.337 e.